The van der Waals surface area contributed by atoms with Crippen molar-refractivity contribution in [3.05, 3.63) is 71.4 Å². The molecule has 8 heteroatoms. The zero-order chi connectivity index (χ0) is 23.4. The van der Waals surface area contributed by atoms with E-state index in [9.17, 15) is 4.79 Å². The number of thioether (sulfide) groups is 1. The van der Waals surface area contributed by atoms with E-state index in [0.29, 0.717) is 5.03 Å². The predicted molar refractivity (Wildman–Crippen MR) is 135 cm³/mol. The Labute approximate surface area is 201 Å². The highest BCUT2D eigenvalue weighted by atomic mass is 32.2. The van der Waals surface area contributed by atoms with Gasteiger partial charge in [0, 0.05) is 11.3 Å². The molecule has 0 aliphatic heterocycles. The van der Waals surface area contributed by atoms with Crippen LogP contribution in [0.15, 0.2) is 59.6 Å². The van der Waals surface area contributed by atoms with E-state index in [4.69, 9.17) is 9.72 Å². The molecule has 0 fully saturated rings. The Bertz CT molecular complexity index is 1270. The number of hydrogen-bond donors (Lipinski definition) is 1. The van der Waals surface area contributed by atoms with Gasteiger partial charge in [0.15, 0.2) is 0 Å². The SMILES string of the molecule is COc1ccc(-c2nc(C)c(-c3ccc(SCC(=O)Nc4cccc(C)c4C)nn3)s2)cc1. The Hall–Kier alpha value is -3.23. The van der Waals surface area contributed by atoms with Gasteiger partial charge in [-0.15, -0.1) is 21.5 Å². The van der Waals surface area contributed by atoms with Crippen LogP contribution in [0.3, 0.4) is 0 Å². The Morgan fingerprint density at radius 1 is 1.03 bits per heavy atom. The van der Waals surface area contributed by atoms with Crippen LogP contribution < -0.4 is 10.1 Å². The van der Waals surface area contributed by atoms with Gasteiger partial charge in [-0.2, -0.15) is 0 Å². The summed E-state index contributed by atoms with van der Waals surface area (Å²) in [6.45, 7) is 6.01. The minimum absolute atomic E-state index is 0.0676. The Morgan fingerprint density at radius 3 is 2.52 bits per heavy atom. The summed E-state index contributed by atoms with van der Waals surface area (Å²) in [5.74, 6) is 1.01. The molecule has 0 spiro atoms. The van der Waals surface area contributed by atoms with Crippen LogP contribution in [0.1, 0.15) is 16.8 Å². The zero-order valence-electron chi connectivity index (χ0n) is 18.9. The van der Waals surface area contributed by atoms with Crippen molar-refractivity contribution in [3.63, 3.8) is 0 Å². The van der Waals surface area contributed by atoms with Crippen LogP contribution in [-0.4, -0.2) is 34.0 Å². The number of thiazole rings is 1. The highest BCUT2D eigenvalue weighted by Crippen LogP contribution is 2.35. The van der Waals surface area contributed by atoms with Gasteiger partial charge in [0.25, 0.3) is 0 Å². The van der Waals surface area contributed by atoms with E-state index in [0.717, 1.165) is 49.4 Å². The van der Waals surface area contributed by atoms with Crippen molar-refractivity contribution in [1.82, 2.24) is 15.2 Å². The first kappa shape index (κ1) is 22.9. The molecule has 0 radical (unpaired) electrons. The molecule has 1 N–H and O–H groups in total. The van der Waals surface area contributed by atoms with Gasteiger partial charge in [0.1, 0.15) is 21.5 Å². The fourth-order valence-electron chi connectivity index (χ4n) is 3.22. The number of amides is 1. The average molecular weight is 477 g/mol. The molecule has 0 bridgehead atoms. The highest BCUT2D eigenvalue weighted by molar-refractivity contribution is 7.99. The number of nitrogens with one attached hydrogen (secondary N) is 1. The largest absolute Gasteiger partial charge is 0.497 e. The fourth-order valence-corrected chi connectivity index (χ4v) is 4.87. The van der Waals surface area contributed by atoms with Gasteiger partial charge in [0.05, 0.1) is 23.4 Å². The lowest BCUT2D eigenvalue weighted by Crippen LogP contribution is -2.15. The van der Waals surface area contributed by atoms with Crippen molar-refractivity contribution in [1.29, 1.82) is 0 Å². The Kier molecular flexibility index (Phi) is 7.05. The zero-order valence-corrected chi connectivity index (χ0v) is 20.5. The van der Waals surface area contributed by atoms with Crippen molar-refractivity contribution in [2.24, 2.45) is 0 Å². The van der Waals surface area contributed by atoms with Gasteiger partial charge in [-0.05, 0) is 74.4 Å². The summed E-state index contributed by atoms with van der Waals surface area (Å²) >= 11 is 2.94. The van der Waals surface area contributed by atoms with E-state index in [1.165, 1.54) is 11.8 Å². The third kappa shape index (κ3) is 5.40. The number of aryl methyl sites for hydroxylation is 2. The molecule has 33 heavy (non-hydrogen) atoms. The van der Waals surface area contributed by atoms with Crippen molar-refractivity contribution in [2.45, 2.75) is 25.8 Å². The third-order valence-electron chi connectivity index (χ3n) is 5.24. The number of aromatic nitrogens is 3. The topological polar surface area (TPSA) is 77.0 Å². The maximum Gasteiger partial charge on any atom is 0.234 e. The van der Waals surface area contributed by atoms with Crippen molar-refractivity contribution in [2.75, 3.05) is 18.2 Å². The standard InChI is InChI=1S/C25H24N4O2S2/c1-15-6-5-7-20(16(15)2)27-22(30)14-32-23-13-12-21(28-29-23)24-17(3)26-25(33-24)18-8-10-19(31-4)11-9-18/h5-13H,14H2,1-4H3,(H,27,30). The van der Waals surface area contributed by atoms with Gasteiger partial charge in [-0.25, -0.2) is 4.98 Å². The summed E-state index contributed by atoms with van der Waals surface area (Å²) in [6.07, 6.45) is 0. The summed E-state index contributed by atoms with van der Waals surface area (Å²) < 4.78 is 5.23. The van der Waals surface area contributed by atoms with E-state index in [2.05, 4.69) is 15.5 Å². The molecule has 0 saturated carbocycles. The molecule has 2 aromatic carbocycles. The number of carbonyl (C=O) groups is 1. The monoisotopic (exact) mass is 476 g/mol. The van der Waals surface area contributed by atoms with E-state index in [-0.39, 0.29) is 11.7 Å². The molecule has 0 saturated heterocycles. The minimum atomic E-state index is -0.0676. The summed E-state index contributed by atoms with van der Waals surface area (Å²) in [4.78, 5) is 18.0. The quantitative estimate of drug-likeness (QED) is 0.333. The number of benzene rings is 2. The molecule has 0 atom stereocenters. The summed E-state index contributed by atoms with van der Waals surface area (Å²) in [6, 6.07) is 17.5. The lowest BCUT2D eigenvalue weighted by atomic mass is 10.1. The second-order valence-electron chi connectivity index (χ2n) is 7.50. The van der Waals surface area contributed by atoms with E-state index < -0.39 is 0 Å². The van der Waals surface area contributed by atoms with Crippen LogP contribution in [0.25, 0.3) is 21.1 Å². The lowest BCUT2D eigenvalue weighted by molar-refractivity contribution is -0.113. The first-order chi connectivity index (χ1) is 15.9. The molecule has 2 aromatic heterocycles. The van der Waals surface area contributed by atoms with Gasteiger partial charge in [-0.1, -0.05) is 23.9 Å². The molecular formula is C25H24N4O2S2. The van der Waals surface area contributed by atoms with Gasteiger partial charge in [0.2, 0.25) is 5.91 Å². The van der Waals surface area contributed by atoms with Gasteiger partial charge >= 0.3 is 0 Å². The van der Waals surface area contributed by atoms with Crippen LogP contribution >= 0.6 is 23.1 Å². The molecule has 6 nitrogen and oxygen atoms in total. The van der Waals surface area contributed by atoms with Crippen molar-refractivity contribution < 1.29 is 9.53 Å². The maximum atomic E-state index is 12.4. The maximum absolute atomic E-state index is 12.4. The third-order valence-corrected chi connectivity index (χ3v) is 7.39. The number of hydrogen-bond acceptors (Lipinski definition) is 7. The normalized spacial score (nSPS) is 10.8. The molecule has 0 unspecified atom stereocenters. The molecule has 2 heterocycles. The van der Waals surface area contributed by atoms with E-state index in [1.807, 2.05) is 75.4 Å². The number of carbonyl (C=O) groups excluding carboxylic acids is 1. The molecule has 0 aliphatic rings. The molecule has 1 amide bonds. The number of nitrogens with zero attached hydrogens (tertiary/aromatic N) is 3. The first-order valence-electron chi connectivity index (χ1n) is 10.4. The molecule has 4 aromatic rings. The van der Waals surface area contributed by atoms with Gasteiger partial charge < -0.3 is 10.1 Å². The van der Waals surface area contributed by atoms with Crippen molar-refractivity contribution >= 4 is 34.7 Å². The van der Waals surface area contributed by atoms with E-state index >= 15 is 0 Å². The number of rotatable bonds is 7. The summed E-state index contributed by atoms with van der Waals surface area (Å²) in [5, 5.41) is 13.3. The van der Waals surface area contributed by atoms with E-state index in [1.54, 1.807) is 18.4 Å². The Morgan fingerprint density at radius 2 is 1.82 bits per heavy atom. The fraction of sp³-hybridized carbons (Fsp3) is 0.200. The molecule has 0 aliphatic carbocycles. The highest BCUT2D eigenvalue weighted by Gasteiger charge is 2.14. The number of methoxy groups -OCH3 is 1. The number of anilines is 1. The van der Waals surface area contributed by atoms with Crippen LogP contribution in [0.5, 0.6) is 5.75 Å². The summed E-state index contributed by atoms with van der Waals surface area (Å²) in [5.41, 5.74) is 5.78. The van der Waals surface area contributed by atoms with Gasteiger partial charge in [-0.3, -0.25) is 4.79 Å². The second kappa shape index (κ2) is 10.1. The van der Waals surface area contributed by atoms with Crippen LogP contribution in [-0.2, 0) is 4.79 Å². The van der Waals surface area contributed by atoms with Crippen molar-refractivity contribution in [3.8, 4) is 26.9 Å². The van der Waals surface area contributed by atoms with Crippen LogP contribution in [0.2, 0.25) is 0 Å². The van der Waals surface area contributed by atoms with Crippen LogP contribution in [0, 0.1) is 20.8 Å². The predicted octanol–water partition coefficient (Wildman–Crippen LogP) is 5.93. The second-order valence-corrected chi connectivity index (χ2v) is 9.50. The summed E-state index contributed by atoms with van der Waals surface area (Å²) in [7, 11) is 1.65. The minimum Gasteiger partial charge on any atom is -0.497 e. The smallest absolute Gasteiger partial charge is 0.234 e. The lowest BCUT2D eigenvalue weighted by Gasteiger charge is -2.10. The molecule has 168 valence electrons. The first-order valence-corrected chi connectivity index (χ1v) is 12.2. The Balaban J connectivity index is 1.40. The molecular weight excluding hydrogens is 452 g/mol. The number of ether oxygens (including phenoxy) is 1. The van der Waals surface area contributed by atoms with Crippen LogP contribution in [0.4, 0.5) is 5.69 Å². The average Bonchev–Trinajstić information content (AvgIpc) is 3.22. The molecule has 4 rings (SSSR count).